The molecule has 3 rings (SSSR count). The van der Waals surface area contributed by atoms with Crippen molar-refractivity contribution in [2.45, 2.75) is 44.4 Å². The molecule has 1 atom stereocenters. The summed E-state index contributed by atoms with van der Waals surface area (Å²) in [6, 6.07) is 6.00. The molecule has 1 aromatic heterocycles. The van der Waals surface area contributed by atoms with Crippen LogP contribution in [-0.4, -0.2) is 40.6 Å². The van der Waals surface area contributed by atoms with Crippen LogP contribution in [0.2, 0.25) is 0 Å². The Morgan fingerprint density at radius 2 is 2.08 bits per heavy atom. The Balaban J connectivity index is 1.59. The van der Waals surface area contributed by atoms with Crippen molar-refractivity contribution in [3.05, 3.63) is 36.0 Å². The van der Waals surface area contributed by atoms with Crippen LogP contribution in [0.1, 0.15) is 50.3 Å². The minimum atomic E-state index is -0.301. The fourth-order valence-electron chi connectivity index (χ4n) is 3.28. The van der Waals surface area contributed by atoms with Gasteiger partial charge in [0.15, 0.2) is 0 Å². The van der Waals surface area contributed by atoms with E-state index in [9.17, 15) is 9.18 Å². The molecule has 0 aliphatic carbocycles. The van der Waals surface area contributed by atoms with Crippen LogP contribution in [0.5, 0.6) is 0 Å². The van der Waals surface area contributed by atoms with Gasteiger partial charge in [-0.05, 0) is 56.5 Å². The number of rotatable bonds is 7. The summed E-state index contributed by atoms with van der Waals surface area (Å²) < 4.78 is 18.5. The first-order chi connectivity index (χ1) is 12.7. The number of carbonyl (C=O) groups is 1. The van der Waals surface area contributed by atoms with Crippen LogP contribution in [-0.2, 0) is 4.79 Å². The quantitative estimate of drug-likeness (QED) is 0.767. The average Bonchev–Trinajstić information content (AvgIpc) is 3.16. The van der Waals surface area contributed by atoms with Gasteiger partial charge in [-0.25, -0.2) is 4.39 Å². The number of hydrogen-bond acceptors (Lipinski definition) is 5. The van der Waals surface area contributed by atoms with E-state index in [1.54, 1.807) is 12.1 Å². The SMILES string of the molecule is NCCCCCC(=O)N1CCC[C@H](c2nc(-c3ccc(F)cc3)no2)C1. The molecule has 6 nitrogen and oxygen atoms in total. The summed E-state index contributed by atoms with van der Waals surface area (Å²) in [4.78, 5) is 18.8. The smallest absolute Gasteiger partial charge is 0.231 e. The van der Waals surface area contributed by atoms with Crippen LogP contribution >= 0.6 is 0 Å². The van der Waals surface area contributed by atoms with E-state index < -0.39 is 0 Å². The first-order valence-electron chi connectivity index (χ1n) is 9.25. The molecule has 140 valence electrons. The van der Waals surface area contributed by atoms with Gasteiger partial charge in [0.05, 0.1) is 5.92 Å². The molecule has 2 heterocycles. The summed E-state index contributed by atoms with van der Waals surface area (Å²) >= 11 is 0. The molecule has 0 radical (unpaired) electrons. The topological polar surface area (TPSA) is 85.3 Å². The van der Waals surface area contributed by atoms with E-state index in [2.05, 4.69) is 10.1 Å². The fourth-order valence-corrected chi connectivity index (χ4v) is 3.28. The van der Waals surface area contributed by atoms with Gasteiger partial charge in [0.25, 0.3) is 0 Å². The van der Waals surface area contributed by atoms with Gasteiger partial charge in [-0.1, -0.05) is 11.6 Å². The van der Waals surface area contributed by atoms with Crippen molar-refractivity contribution in [2.24, 2.45) is 5.73 Å². The standard InChI is InChI=1S/C19H25FN4O2/c20-16-9-7-14(8-10-16)18-22-19(26-23-18)15-5-4-12-24(13-15)17(25)6-2-1-3-11-21/h7-10,15H,1-6,11-13,21H2/t15-/m0/s1. The number of carbonyl (C=O) groups excluding carboxylic acids is 1. The van der Waals surface area contributed by atoms with E-state index >= 15 is 0 Å². The Kier molecular flexibility index (Phi) is 6.33. The Labute approximate surface area is 152 Å². The molecule has 0 bridgehead atoms. The molecule has 0 saturated carbocycles. The van der Waals surface area contributed by atoms with Crippen LogP contribution in [0.25, 0.3) is 11.4 Å². The lowest BCUT2D eigenvalue weighted by Gasteiger charge is -2.31. The first kappa shape index (κ1) is 18.5. The summed E-state index contributed by atoms with van der Waals surface area (Å²) in [5.74, 6) is 0.934. The number of piperidine rings is 1. The fraction of sp³-hybridized carbons (Fsp3) is 0.526. The van der Waals surface area contributed by atoms with Crippen LogP contribution in [0.4, 0.5) is 4.39 Å². The lowest BCUT2D eigenvalue weighted by atomic mass is 9.97. The van der Waals surface area contributed by atoms with Crippen LogP contribution in [0.15, 0.2) is 28.8 Å². The van der Waals surface area contributed by atoms with Crippen molar-refractivity contribution in [1.29, 1.82) is 0 Å². The van der Waals surface area contributed by atoms with Crippen LogP contribution in [0.3, 0.4) is 0 Å². The van der Waals surface area contributed by atoms with Gasteiger partial charge in [-0.2, -0.15) is 4.98 Å². The summed E-state index contributed by atoms with van der Waals surface area (Å²) in [6.45, 7) is 2.07. The van der Waals surface area contributed by atoms with E-state index in [0.717, 1.165) is 38.6 Å². The molecule has 1 saturated heterocycles. The number of amides is 1. The van der Waals surface area contributed by atoms with E-state index in [-0.39, 0.29) is 17.6 Å². The zero-order valence-electron chi connectivity index (χ0n) is 14.9. The van der Waals surface area contributed by atoms with E-state index in [1.165, 1.54) is 12.1 Å². The Hall–Kier alpha value is -2.28. The van der Waals surface area contributed by atoms with Gasteiger partial charge >= 0.3 is 0 Å². The highest BCUT2D eigenvalue weighted by molar-refractivity contribution is 5.76. The normalized spacial score (nSPS) is 17.5. The minimum absolute atomic E-state index is 0.0541. The van der Waals surface area contributed by atoms with Crippen LogP contribution in [0, 0.1) is 5.82 Å². The molecule has 0 spiro atoms. The highest BCUT2D eigenvalue weighted by Crippen LogP contribution is 2.28. The molecule has 1 aromatic carbocycles. The van der Waals surface area contributed by atoms with Crippen molar-refractivity contribution < 1.29 is 13.7 Å². The largest absolute Gasteiger partial charge is 0.342 e. The van der Waals surface area contributed by atoms with E-state index in [1.807, 2.05) is 4.90 Å². The van der Waals surface area contributed by atoms with Gasteiger partial charge in [-0.3, -0.25) is 4.79 Å². The second-order valence-electron chi connectivity index (χ2n) is 6.74. The second kappa shape index (κ2) is 8.89. The molecule has 1 aliphatic heterocycles. The summed E-state index contributed by atoms with van der Waals surface area (Å²) in [5, 5.41) is 4.01. The minimum Gasteiger partial charge on any atom is -0.342 e. The Bertz CT molecular complexity index is 717. The molecule has 7 heteroatoms. The number of unbranched alkanes of at least 4 members (excludes halogenated alkanes) is 2. The molecule has 1 amide bonds. The zero-order chi connectivity index (χ0) is 18.4. The summed E-state index contributed by atoms with van der Waals surface area (Å²) in [5.41, 5.74) is 6.20. The maximum absolute atomic E-state index is 13.0. The second-order valence-corrected chi connectivity index (χ2v) is 6.74. The number of benzene rings is 1. The average molecular weight is 360 g/mol. The third-order valence-corrected chi connectivity index (χ3v) is 4.76. The highest BCUT2D eigenvalue weighted by Gasteiger charge is 2.28. The number of hydrogen-bond donors (Lipinski definition) is 1. The predicted molar refractivity (Wildman–Crippen MR) is 95.8 cm³/mol. The lowest BCUT2D eigenvalue weighted by Crippen LogP contribution is -2.39. The number of nitrogens with zero attached hydrogens (tertiary/aromatic N) is 3. The van der Waals surface area contributed by atoms with Crippen molar-refractivity contribution >= 4 is 5.91 Å². The third kappa shape index (κ3) is 4.66. The molecule has 26 heavy (non-hydrogen) atoms. The van der Waals surface area contributed by atoms with Crippen molar-refractivity contribution in [3.63, 3.8) is 0 Å². The highest BCUT2D eigenvalue weighted by atomic mass is 19.1. The zero-order valence-corrected chi connectivity index (χ0v) is 14.9. The van der Waals surface area contributed by atoms with Gasteiger partial charge in [0.2, 0.25) is 17.6 Å². The number of nitrogens with two attached hydrogens (primary N) is 1. The Morgan fingerprint density at radius 3 is 2.85 bits per heavy atom. The first-order valence-corrected chi connectivity index (χ1v) is 9.25. The van der Waals surface area contributed by atoms with Gasteiger partial charge in [0, 0.05) is 25.1 Å². The van der Waals surface area contributed by atoms with Crippen molar-refractivity contribution in [1.82, 2.24) is 15.0 Å². The lowest BCUT2D eigenvalue weighted by molar-refractivity contribution is -0.132. The van der Waals surface area contributed by atoms with Gasteiger partial charge in [0.1, 0.15) is 5.82 Å². The molecule has 1 aliphatic rings. The van der Waals surface area contributed by atoms with Gasteiger partial charge in [-0.15, -0.1) is 0 Å². The van der Waals surface area contributed by atoms with E-state index in [0.29, 0.717) is 36.8 Å². The molecule has 1 fully saturated rings. The van der Waals surface area contributed by atoms with E-state index in [4.69, 9.17) is 10.3 Å². The van der Waals surface area contributed by atoms with Crippen molar-refractivity contribution in [3.8, 4) is 11.4 Å². The molecule has 2 aromatic rings. The number of halogens is 1. The monoisotopic (exact) mass is 360 g/mol. The van der Waals surface area contributed by atoms with Gasteiger partial charge < -0.3 is 15.2 Å². The molecule has 0 unspecified atom stereocenters. The number of aromatic nitrogens is 2. The predicted octanol–water partition coefficient (Wildman–Crippen LogP) is 3.10. The van der Waals surface area contributed by atoms with Crippen LogP contribution < -0.4 is 5.73 Å². The molecular formula is C19H25FN4O2. The maximum Gasteiger partial charge on any atom is 0.231 e. The number of likely N-dealkylation sites (tertiary alicyclic amines) is 1. The maximum atomic E-state index is 13.0. The summed E-state index contributed by atoms with van der Waals surface area (Å²) in [7, 11) is 0. The van der Waals surface area contributed by atoms with Crippen molar-refractivity contribution in [2.75, 3.05) is 19.6 Å². The third-order valence-electron chi connectivity index (χ3n) is 4.76. The summed E-state index contributed by atoms with van der Waals surface area (Å²) in [6.07, 6.45) is 5.24. The Morgan fingerprint density at radius 1 is 1.27 bits per heavy atom. The molecular weight excluding hydrogens is 335 g/mol. The molecule has 2 N–H and O–H groups in total.